The van der Waals surface area contributed by atoms with Crippen LogP contribution in [0.4, 0.5) is 0 Å². The lowest BCUT2D eigenvalue weighted by Gasteiger charge is -2.04. The van der Waals surface area contributed by atoms with Gasteiger partial charge in [-0.05, 0) is 13.0 Å². The highest BCUT2D eigenvalue weighted by atomic mass is 14.9. The highest BCUT2D eigenvalue weighted by Crippen LogP contribution is 2.11. The van der Waals surface area contributed by atoms with Gasteiger partial charge >= 0.3 is 0 Å². The molecule has 0 saturated carbocycles. The molecule has 0 rings (SSSR count). The van der Waals surface area contributed by atoms with E-state index in [2.05, 4.69) is 12.2 Å². The zero-order valence-electron chi connectivity index (χ0n) is 12.7. The van der Waals surface area contributed by atoms with E-state index in [1.165, 1.54) is 77.0 Å². The predicted octanol–water partition coefficient (Wildman–Crippen LogP) is 4.24. The molecule has 0 spiro atoms. The van der Waals surface area contributed by atoms with Crippen molar-refractivity contribution in [3.05, 3.63) is 0 Å². The van der Waals surface area contributed by atoms with Crippen molar-refractivity contribution in [2.75, 3.05) is 19.6 Å². The van der Waals surface area contributed by atoms with E-state index in [0.717, 1.165) is 19.6 Å². The van der Waals surface area contributed by atoms with E-state index in [0.29, 0.717) is 0 Å². The molecule has 0 aliphatic carbocycles. The lowest BCUT2D eigenvalue weighted by Crippen LogP contribution is -2.23. The molecule has 3 N–H and O–H groups in total. The molecule has 0 heterocycles. The minimum atomic E-state index is 0.762. The molecule has 0 unspecified atom stereocenters. The van der Waals surface area contributed by atoms with Crippen LogP contribution in [-0.2, 0) is 0 Å². The molecule has 0 saturated heterocycles. The first-order valence-corrected chi connectivity index (χ1v) is 8.32. The Bertz CT molecular complexity index is 121. The van der Waals surface area contributed by atoms with Crippen molar-refractivity contribution in [1.29, 1.82) is 0 Å². The highest BCUT2D eigenvalue weighted by molar-refractivity contribution is 4.51. The zero-order valence-corrected chi connectivity index (χ0v) is 12.7. The number of nitrogens with two attached hydrogens (primary N) is 1. The van der Waals surface area contributed by atoms with Crippen molar-refractivity contribution in [2.24, 2.45) is 5.73 Å². The molecule has 0 aromatic carbocycles. The molecule has 0 aromatic rings. The van der Waals surface area contributed by atoms with Crippen molar-refractivity contribution < 1.29 is 0 Å². The Morgan fingerprint density at radius 1 is 0.611 bits per heavy atom. The molecule has 0 fully saturated rings. The van der Waals surface area contributed by atoms with Crippen LogP contribution in [-0.4, -0.2) is 19.6 Å². The quantitative estimate of drug-likeness (QED) is 0.430. The summed E-state index contributed by atoms with van der Waals surface area (Å²) in [5.41, 5.74) is 5.41. The van der Waals surface area contributed by atoms with Crippen LogP contribution in [0.25, 0.3) is 0 Å². The van der Waals surface area contributed by atoms with Crippen LogP contribution in [0.15, 0.2) is 0 Å². The van der Waals surface area contributed by atoms with Crippen LogP contribution >= 0.6 is 0 Å². The van der Waals surface area contributed by atoms with E-state index in [-0.39, 0.29) is 0 Å². The van der Waals surface area contributed by atoms with Crippen molar-refractivity contribution in [2.45, 2.75) is 84.0 Å². The molecule has 110 valence electrons. The summed E-state index contributed by atoms with van der Waals surface area (Å²) >= 11 is 0. The molecule has 0 aliphatic heterocycles. The molecule has 0 radical (unpaired) electrons. The van der Waals surface area contributed by atoms with Crippen LogP contribution in [0, 0.1) is 0 Å². The Labute approximate surface area is 115 Å². The van der Waals surface area contributed by atoms with Gasteiger partial charge in [-0.3, -0.25) is 0 Å². The second kappa shape index (κ2) is 16.9. The maximum Gasteiger partial charge on any atom is 0.00745 e. The third-order valence-corrected chi connectivity index (χ3v) is 3.53. The number of hydrogen-bond acceptors (Lipinski definition) is 2. The van der Waals surface area contributed by atoms with E-state index in [1.807, 2.05) is 0 Å². The van der Waals surface area contributed by atoms with E-state index < -0.39 is 0 Å². The van der Waals surface area contributed by atoms with Crippen molar-refractivity contribution >= 4 is 0 Å². The van der Waals surface area contributed by atoms with Gasteiger partial charge in [-0.25, -0.2) is 0 Å². The second-order valence-electron chi connectivity index (χ2n) is 5.43. The normalized spacial score (nSPS) is 11.0. The molecule has 18 heavy (non-hydrogen) atoms. The van der Waals surface area contributed by atoms with Gasteiger partial charge in [0.25, 0.3) is 0 Å². The Morgan fingerprint density at radius 3 is 1.50 bits per heavy atom. The minimum Gasteiger partial charge on any atom is -0.329 e. The van der Waals surface area contributed by atoms with Gasteiger partial charge in [0.1, 0.15) is 0 Å². The van der Waals surface area contributed by atoms with Gasteiger partial charge in [-0.2, -0.15) is 0 Å². The Kier molecular flexibility index (Phi) is 16.8. The molecular formula is C16H36N2. The fraction of sp³-hybridized carbons (Fsp3) is 1.00. The molecule has 2 heteroatoms. The molecule has 0 atom stereocenters. The smallest absolute Gasteiger partial charge is 0.00745 e. The average Bonchev–Trinajstić information content (AvgIpc) is 2.39. The first-order chi connectivity index (χ1) is 8.91. The van der Waals surface area contributed by atoms with Crippen molar-refractivity contribution in [3.63, 3.8) is 0 Å². The Balaban J connectivity index is 2.86. The van der Waals surface area contributed by atoms with Gasteiger partial charge in [0.05, 0.1) is 0 Å². The van der Waals surface area contributed by atoms with Crippen LogP contribution < -0.4 is 11.1 Å². The number of unbranched alkanes of at least 4 members (excludes halogenated alkanes) is 11. The number of rotatable bonds is 15. The average molecular weight is 256 g/mol. The fourth-order valence-corrected chi connectivity index (χ4v) is 2.32. The topological polar surface area (TPSA) is 38.0 Å². The van der Waals surface area contributed by atoms with Crippen LogP contribution in [0.1, 0.15) is 84.0 Å². The van der Waals surface area contributed by atoms with Gasteiger partial charge in [0.15, 0.2) is 0 Å². The third-order valence-electron chi connectivity index (χ3n) is 3.53. The highest BCUT2D eigenvalue weighted by Gasteiger charge is 1.93. The van der Waals surface area contributed by atoms with Crippen LogP contribution in [0.3, 0.4) is 0 Å². The van der Waals surface area contributed by atoms with Gasteiger partial charge < -0.3 is 11.1 Å². The number of nitrogens with one attached hydrogen (secondary N) is 1. The summed E-state index contributed by atoms with van der Waals surface area (Å²) in [4.78, 5) is 0. The van der Waals surface area contributed by atoms with E-state index in [4.69, 9.17) is 5.73 Å². The summed E-state index contributed by atoms with van der Waals surface area (Å²) in [5, 5.41) is 3.35. The van der Waals surface area contributed by atoms with Crippen molar-refractivity contribution in [3.8, 4) is 0 Å². The lowest BCUT2D eigenvalue weighted by atomic mass is 10.1. The molecular weight excluding hydrogens is 220 g/mol. The number of hydrogen-bond donors (Lipinski definition) is 2. The summed E-state index contributed by atoms with van der Waals surface area (Å²) in [6.45, 7) is 5.16. The van der Waals surface area contributed by atoms with Gasteiger partial charge in [-0.1, -0.05) is 77.6 Å². The van der Waals surface area contributed by atoms with E-state index >= 15 is 0 Å². The van der Waals surface area contributed by atoms with Gasteiger partial charge in [0, 0.05) is 13.1 Å². The standard InChI is InChI=1S/C16H36N2/c1-2-3-4-5-6-7-8-9-10-11-12-13-15-18-16-14-17/h18H,2-17H2,1H3. The molecule has 2 nitrogen and oxygen atoms in total. The van der Waals surface area contributed by atoms with Gasteiger partial charge in [-0.15, -0.1) is 0 Å². The SMILES string of the molecule is CCCCCCCCCCCCCCNCCN. The fourth-order valence-electron chi connectivity index (χ4n) is 2.32. The van der Waals surface area contributed by atoms with Gasteiger partial charge in [0.2, 0.25) is 0 Å². The summed E-state index contributed by atoms with van der Waals surface area (Å²) in [6, 6.07) is 0. The van der Waals surface area contributed by atoms with E-state index in [1.54, 1.807) is 0 Å². The third kappa shape index (κ3) is 15.9. The van der Waals surface area contributed by atoms with Crippen LogP contribution in [0.2, 0.25) is 0 Å². The lowest BCUT2D eigenvalue weighted by molar-refractivity contribution is 0.536. The predicted molar refractivity (Wildman–Crippen MR) is 83.0 cm³/mol. The monoisotopic (exact) mass is 256 g/mol. The zero-order chi connectivity index (χ0) is 13.3. The Morgan fingerprint density at radius 2 is 1.06 bits per heavy atom. The first-order valence-electron chi connectivity index (χ1n) is 8.32. The molecule has 0 aromatic heterocycles. The summed E-state index contributed by atoms with van der Waals surface area (Å²) in [6.07, 6.45) is 17.1. The van der Waals surface area contributed by atoms with E-state index in [9.17, 15) is 0 Å². The summed E-state index contributed by atoms with van der Waals surface area (Å²) in [7, 11) is 0. The Hall–Kier alpha value is -0.0800. The van der Waals surface area contributed by atoms with Crippen molar-refractivity contribution in [1.82, 2.24) is 5.32 Å². The molecule has 0 bridgehead atoms. The maximum absolute atomic E-state index is 5.41. The summed E-state index contributed by atoms with van der Waals surface area (Å²) < 4.78 is 0. The largest absolute Gasteiger partial charge is 0.329 e. The summed E-state index contributed by atoms with van der Waals surface area (Å²) in [5.74, 6) is 0. The molecule has 0 aliphatic rings. The first kappa shape index (κ1) is 17.9. The minimum absolute atomic E-state index is 0.762. The molecule has 0 amide bonds. The van der Waals surface area contributed by atoms with Crippen LogP contribution in [0.5, 0.6) is 0 Å². The second-order valence-corrected chi connectivity index (χ2v) is 5.43. The maximum atomic E-state index is 5.41.